The maximum absolute atomic E-state index is 12.9. The van der Waals surface area contributed by atoms with E-state index in [4.69, 9.17) is 26.6 Å². The zero-order valence-electron chi connectivity index (χ0n) is 21.7. The van der Waals surface area contributed by atoms with Gasteiger partial charge in [0.05, 0.1) is 17.5 Å². The van der Waals surface area contributed by atoms with E-state index in [0.717, 1.165) is 30.3 Å². The fourth-order valence-corrected chi connectivity index (χ4v) is 5.71. The summed E-state index contributed by atoms with van der Waals surface area (Å²) in [7, 11) is 1.58. The van der Waals surface area contributed by atoms with Crippen molar-refractivity contribution in [2.75, 3.05) is 19.5 Å². The number of Topliss-reactive ketones (excluding diaryl/α,β-unsaturated/α-hetero) is 1. The third-order valence-electron chi connectivity index (χ3n) is 7.35. The van der Waals surface area contributed by atoms with Gasteiger partial charge in [-0.25, -0.2) is 15.0 Å². The van der Waals surface area contributed by atoms with Gasteiger partial charge in [0.1, 0.15) is 24.5 Å². The van der Waals surface area contributed by atoms with E-state index in [9.17, 15) is 9.59 Å². The maximum Gasteiger partial charge on any atom is 0.289 e. The van der Waals surface area contributed by atoms with Crippen LogP contribution >= 0.6 is 0 Å². The average Bonchev–Trinajstić information content (AvgIpc) is 3.46. The number of carbonyl (C=O) groups is 2. The van der Waals surface area contributed by atoms with Crippen molar-refractivity contribution < 1.29 is 14.3 Å². The Morgan fingerprint density at radius 2 is 2.00 bits per heavy atom. The van der Waals surface area contributed by atoms with Crippen molar-refractivity contribution in [2.45, 2.75) is 50.6 Å². The number of aliphatic imine (C=N–C) groups is 1. The summed E-state index contributed by atoms with van der Waals surface area (Å²) in [6.45, 7) is 1.80. The number of aromatic nitrogens is 4. The number of piperidine rings is 1. The van der Waals surface area contributed by atoms with Crippen molar-refractivity contribution in [3.63, 3.8) is 0 Å². The second-order valence-electron chi connectivity index (χ2n) is 9.68. The lowest BCUT2D eigenvalue weighted by molar-refractivity contribution is -0.128. The number of ether oxygens (including phenoxy) is 1. The van der Waals surface area contributed by atoms with Gasteiger partial charge in [0, 0.05) is 42.4 Å². The highest BCUT2D eigenvalue weighted by Gasteiger charge is 2.45. The van der Waals surface area contributed by atoms with Crippen molar-refractivity contribution in [3.05, 3.63) is 41.5 Å². The van der Waals surface area contributed by atoms with Crippen molar-refractivity contribution in [2.24, 2.45) is 10.7 Å². The molecule has 2 aliphatic rings. The van der Waals surface area contributed by atoms with Crippen molar-refractivity contribution in [1.82, 2.24) is 24.5 Å². The number of amidine groups is 1. The standard InChI is InChI=1S/C27H29N9O3/c1-15(37)22-23(17-10-19-7-8-20(11-17)35(19)27(38)24(29)32-14-28)34-26-21(13-33-36(26)25(22)30)16-5-6-18(31-12-16)4-3-9-39-2/h5-6,12-14,17,19-20H,7-11,30H2,1-2H3,(H3,28,29,32). The highest BCUT2D eigenvalue weighted by atomic mass is 16.5. The first-order chi connectivity index (χ1) is 18.8. The number of methoxy groups -OCH3 is 1. The Morgan fingerprint density at radius 1 is 1.26 bits per heavy atom. The van der Waals surface area contributed by atoms with Gasteiger partial charge in [-0.05, 0) is 50.7 Å². The fourth-order valence-electron chi connectivity index (χ4n) is 5.71. The summed E-state index contributed by atoms with van der Waals surface area (Å²) < 4.78 is 6.44. The minimum atomic E-state index is -0.361. The van der Waals surface area contributed by atoms with E-state index in [-0.39, 0.29) is 41.3 Å². The molecule has 1 amide bonds. The number of ketones is 1. The Labute approximate surface area is 225 Å². The minimum Gasteiger partial charge on any atom is -0.383 e. The third-order valence-corrected chi connectivity index (χ3v) is 7.35. The fraction of sp³-hybridized carbons (Fsp3) is 0.370. The van der Waals surface area contributed by atoms with Crippen molar-refractivity contribution >= 4 is 35.3 Å². The molecule has 12 heteroatoms. The molecule has 2 saturated heterocycles. The number of nitrogens with one attached hydrogen (secondary N) is 1. The molecule has 12 nitrogen and oxygen atoms in total. The lowest BCUT2D eigenvalue weighted by atomic mass is 9.85. The molecule has 2 atom stereocenters. The van der Waals surface area contributed by atoms with Crippen LogP contribution in [0.2, 0.25) is 0 Å². The number of rotatable bonds is 5. The van der Waals surface area contributed by atoms with Gasteiger partial charge in [-0.1, -0.05) is 5.92 Å². The first-order valence-electron chi connectivity index (χ1n) is 12.6. The molecule has 3 aromatic heterocycles. The van der Waals surface area contributed by atoms with E-state index in [2.05, 4.69) is 26.9 Å². The largest absolute Gasteiger partial charge is 0.383 e. The van der Waals surface area contributed by atoms with Crippen LogP contribution < -0.4 is 11.5 Å². The summed E-state index contributed by atoms with van der Waals surface area (Å²) in [6, 6.07) is 3.57. The van der Waals surface area contributed by atoms with Gasteiger partial charge in [-0.2, -0.15) is 9.61 Å². The molecular weight excluding hydrogens is 498 g/mol. The molecule has 2 unspecified atom stereocenters. The van der Waals surface area contributed by atoms with Crippen LogP contribution in [0.4, 0.5) is 5.82 Å². The first kappa shape index (κ1) is 26.0. The van der Waals surface area contributed by atoms with Crippen LogP contribution in [0.1, 0.15) is 60.3 Å². The summed E-state index contributed by atoms with van der Waals surface area (Å²) in [5.41, 5.74) is 16.0. The first-order valence-corrected chi connectivity index (χ1v) is 12.6. The topological polar surface area (TPSA) is 178 Å². The molecule has 5 rings (SSSR count). The van der Waals surface area contributed by atoms with E-state index >= 15 is 0 Å². The number of amides is 1. The molecule has 0 aromatic carbocycles. The predicted molar refractivity (Wildman–Crippen MR) is 145 cm³/mol. The molecule has 200 valence electrons. The number of carbonyl (C=O) groups excluding carboxylic acids is 2. The summed E-state index contributed by atoms with van der Waals surface area (Å²) in [6.07, 6.45) is 7.00. The highest BCUT2D eigenvalue weighted by molar-refractivity contribution is 6.38. The van der Waals surface area contributed by atoms with E-state index in [1.807, 2.05) is 12.1 Å². The summed E-state index contributed by atoms with van der Waals surface area (Å²) in [4.78, 5) is 40.5. The number of nitrogens with two attached hydrogens (primary N) is 2. The number of anilines is 1. The van der Waals surface area contributed by atoms with Gasteiger partial charge in [0.15, 0.2) is 17.3 Å². The number of fused-ring (bicyclic) bond motifs is 3. The highest BCUT2D eigenvalue weighted by Crippen LogP contribution is 2.44. The molecule has 0 spiro atoms. The van der Waals surface area contributed by atoms with Crippen LogP contribution in [0, 0.1) is 17.3 Å². The Kier molecular flexibility index (Phi) is 7.08. The Morgan fingerprint density at radius 3 is 2.62 bits per heavy atom. The summed E-state index contributed by atoms with van der Waals surface area (Å²) >= 11 is 0. The normalized spacial score (nSPS) is 20.5. The number of nitrogens with zero attached hydrogens (tertiary/aromatic N) is 6. The van der Waals surface area contributed by atoms with E-state index in [1.54, 1.807) is 24.4 Å². The Balaban J connectivity index is 1.52. The molecule has 2 bridgehead atoms. The summed E-state index contributed by atoms with van der Waals surface area (Å²) in [5, 5.41) is 11.6. The minimum absolute atomic E-state index is 0.0693. The van der Waals surface area contributed by atoms with Crippen LogP contribution in [-0.2, 0) is 9.53 Å². The molecule has 2 aliphatic heterocycles. The van der Waals surface area contributed by atoms with Gasteiger partial charge in [-0.3, -0.25) is 15.0 Å². The molecule has 39 heavy (non-hydrogen) atoms. The molecule has 3 aromatic rings. The molecule has 5 heterocycles. The summed E-state index contributed by atoms with van der Waals surface area (Å²) in [5.74, 6) is 5.22. The molecule has 0 aliphatic carbocycles. The maximum atomic E-state index is 12.9. The van der Waals surface area contributed by atoms with E-state index in [0.29, 0.717) is 42.0 Å². The second-order valence-corrected chi connectivity index (χ2v) is 9.68. The third kappa shape index (κ3) is 4.72. The second kappa shape index (κ2) is 10.6. The van der Waals surface area contributed by atoms with Crippen LogP contribution in [0.3, 0.4) is 0 Å². The molecular formula is C27H29N9O3. The zero-order chi connectivity index (χ0) is 27.7. The lowest BCUT2D eigenvalue weighted by Gasteiger charge is -2.39. The number of hydrogen-bond acceptors (Lipinski definition) is 8. The van der Waals surface area contributed by atoms with Gasteiger partial charge >= 0.3 is 0 Å². The van der Waals surface area contributed by atoms with Gasteiger partial charge in [-0.15, -0.1) is 0 Å². The van der Waals surface area contributed by atoms with Crippen molar-refractivity contribution in [3.8, 4) is 23.0 Å². The molecule has 0 radical (unpaired) electrons. The molecule has 5 N–H and O–H groups in total. The zero-order valence-corrected chi connectivity index (χ0v) is 21.7. The monoisotopic (exact) mass is 527 g/mol. The SMILES string of the molecule is COCC#Cc1ccc(-c2cnn3c(N)c(C(C)=O)c(C4CC5CCC(C4)N5C(=O)C(N)=NC=N)nc23)cn1. The lowest BCUT2D eigenvalue weighted by Crippen LogP contribution is -2.50. The van der Waals surface area contributed by atoms with E-state index < -0.39 is 0 Å². The van der Waals surface area contributed by atoms with Crippen LogP contribution in [-0.4, -0.2) is 74.1 Å². The van der Waals surface area contributed by atoms with Crippen LogP contribution in [0.25, 0.3) is 16.8 Å². The Bertz CT molecular complexity index is 1530. The van der Waals surface area contributed by atoms with Crippen LogP contribution in [0.15, 0.2) is 29.5 Å². The Hall–Kier alpha value is -4.63. The van der Waals surface area contributed by atoms with Gasteiger partial charge in [0.2, 0.25) is 0 Å². The van der Waals surface area contributed by atoms with Gasteiger partial charge < -0.3 is 21.1 Å². The average molecular weight is 528 g/mol. The predicted octanol–water partition coefficient (Wildman–Crippen LogP) is 1.78. The van der Waals surface area contributed by atoms with Crippen LogP contribution in [0.5, 0.6) is 0 Å². The van der Waals surface area contributed by atoms with Crippen molar-refractivity contribution in [1.29, 1.82) is 5.41 Å². The van der Waals surface area contributed by atoms with E-state index in [1.165, 1.54) is 11.4 Å². The number of hydrogen-bond donors (Lipinski definition) is 3. The van der Waals surface area contributed by atoms with Gasteiger partial charge in [0.25, 0.3) is 5.91 Å². The molecule has 2 fully saturated rings. The smallest absolute Gasteiger partial charge is 0.289 e. The number of pyridine rings is 1. The number of nitrogen functional groups attached to an aromatic ring is 1. The molecule has 0 saturated carbocycles. The quantitative estimate of drug-likeness (QED) is 0.194.